The molecule has 13 nitrogen and oxygen atoms in total. The second kappa shape index (κ2) is 18.7. The van der Waals surface area contributed by atoms with Gasteiger partial charge in [-0.05, 0) is 55.7 Å². The van der Waals surface area contributed by atoms with Crippen molar-refractivity contribution in [3.8, 4) is 0 Å². The van der Waals surface area contributed by atoms with Gasteiger partial charge in [-0.3, -0.25) is 24.0 Å². The number of hydrogen-bond acceptors (Lipinski definition) is 8. The number of unbranched alkanes of at least 4 members (excludes halogenated alkanes) is 1. The molecular formula is C34H49N7O6. The summed E-state index contributed by atoms with van der Waals surface area (Å²) in [6.45, 7) is 2.98. The molecule has 13 heteroatoms. The molecule has 2 aromatic rings. The van der Waals surface area contributed by atoms with Gasteiger partial charge in [-0.15, -0.1) is 0 Å². The highest BCUT2D eigenvalue weighted by atomic mass is 16.4. The van der Waals surface area contributed by atoms with Crippen molar-refractivity contribution in [2.24, 2.45) is 11.5 Å². The lowest BCUT2D eigenvalue weighted by atomic mass is 9.88. The lowest BCUT2D eigenvalue weighted by Crippen LogP contribution is -2.59. The average molecular weight is 652 g/mol. The average Bonchev–Trinajstić information content (AvgIpc) is 3.07. The van der Waals surface area contributed by atoms with Crippen LogP contribution >= 0.6 is 0 Å². The molecule has 0 aromatic heterocycles. The van der Waals surface area contributed by atoms with Gasteiger partial charge >= 0.3 is 5.97 Å². The van der Waals surface area contributed by atoms with Crippen molar-refractivity contribution in [1.29, 1.82) is 0 Å². The number of amides is 4. The number of rotatable bonds is 18. The summed E-state index contributed by atoms with van der Waals surface area (Å²) in [6, 6.07) is 17.4. The minimum atomic E-state index is -1.39. The Labute approximate surface area is 276 Å². The maximum absolute atomic E-state index is 13.3. The summed E-state index contributed by atoms with van der Waals surface area (Å²) in [5.74, 6) is -2.72. The molecule has 0 bridgehead atoms. The van der Waals surface area contributed by atoms with Gasteiger partial charge < -0.3 is 42.7 Å². The molecule has 0 radical (unpaired) electrons. The van der Waals surface area contributed by atoms with E-state index in [0.29, 0.717) is 32.4 Å². The Balaban J connectivity index is 1.56. The summed E-state index contributed by atoms with van der Waals surface area (Å²) < 4.78 is 0. The molecule has 0 spiro atoms. The van der Waals surface area contributed by atoms with E-state index in [-0.39, 0.29) is 56.6 Å². The molecule has 3 rings (SSSR count). The van der Waals surface area contributed by atoms with E-state index in [1.165, 1.54) is 4.90 Å². The summed E-state index contributed by atoms with van der Waals surface area (Å²) in [5.41, 5.74) is 12.2. The number of aliphatic carboxylic acids is 1. The summed E-state index contributed by atoms with van der Waals surface area (Å²) in [4.78, 5) is 65.5. The first kappa shape index (κ1) is 37.1. The van der Waals surface area contributed by atoms with Crippen LogP contribution in [0.15, 0.2) is 60.7 Å². The zero-order valence-corrected chi connectivity index (χ0v) is 27.1. The Kier molecular flexibility index (Phi) is 14.8. The van der Waals surface area contributed by atoms with Gasteiger partial charge in [-0.25, -0.2) is 0 Å². The van der Waals surface area contributed by atoms with Crippen molar-refractivity contribution < 1.29 is 29.1 Å². The molecule has 4 amide bonds. The lowest BCUT2D eigenvalue weighted by Gasteiger charge is -2.37. The second-order valence-electron chi connectivity index (χ2n) is 12.2. The number of carboxylic acid groups (broad SMARTS) is 1. The Morgan fingerprint density at radius 3 is 2.09 bits per heavy atom. The number of nitrogens with two attached hydrogens (primary N) is 2. The van der Waals surface area contributed by atoms with Crippen molar-refractivity contribution >= 4 is 29.6 Å². The summed E-state index contributed by atoms with van der Waals surface area (Å²) in [6.07, 6.45) is 2.00. The zero-order chi connectivity index (χ0) is 34.2. The smallest absolute Gasteiger partial charge is 0.323 e. The van der Waals surface area contributed by atoms with Gasteiger partial charge in [0.2, 0.25) is 23.6 Å². The molecule has 1 heterocycles. The highest BCUT2D eigenvalue weighted by Gasteiger charge is 2.40. The van der Waals surface area contributed by atoms with Crippen LogP contribution in [-0.4, -0.2) is 96.5 Å². The first-order chi connectivity index (χ1) is 22.5. The molecule has 0 aliphatic carbocycles. The van der Waals surface area contributed by atoms with E-state index in [2.05, 4.69) is 28.2 Å². The second-order valence-corrected chi connectivity index (χ2v) is 12.2. The third kappa shape index (κ3) is 12.1. The maximum Gasteiger partial charge on any atom is 0.323 e. The number of likely N-dealkylation sites (tertiary alicyclic amines) is 1. The number of nitrogens with one attached hydrogen (secondary N) is 4. The third-order valence-electron chi connectivity index (χ3n) is 8.44. The van der Waals surface area contributed by atoms with Gasteiger partial charge in [0.15, 0.2) is 0 Å². The fourth-order valence-electron chi connectivity index (χ4n) is 5.45. The number of hydrogen-bond donors (Lipinski definition) is 7. The van der Waals surface area contributed by atoms with E-state index in [9.17, 15) is 29.1 Å². The van der Waals surface area contributed by atoms with Crippen molar-refractivity contribution in [2.45, 2.75) is 69.0 Å². The topological polar surface area (TPSA) is 209 Å². The van der Waals surface area contributed by atoms with E-state index < -0.39 is 42.0 Å². The minimum absolute atomic E-state index is 0.0110. The van der Waals surface area contributed by atoms with Gasteiger partial charge in [-0.2, -0.15) is 0 Å². The summed E-state index contributed by atoms with van der Waals surface area (Å²) >= 11 is 0. The quantitative estimate of drug-likeness (QED) is 0.110. The molecule has 47 heavy (non-hydrogen) atoms. The van der Waals surface area contributed by atoms with Crippen LogP contribution in [0.1, 0.15) is 56.1 Å². The van der Waals surface area contributed by atoms with Gasteiger partial charge in [0.25, 0.3) is 0 Å². The highest BCUT2D eigenvalue weighted by molar-refractivity contribution is 5.93. The standard InChI is InChI=1S/C34H49N7O6/c1-24(26-12-6-3-7-13-26)21-37-22-29(42)40-28(20-25-10-4-2-5-11-25)31(44)38-23-30(43)39-27(14-8-9-17-35)32(45)41-18-15-34(36,16-19-41)33(46)47/h2-7,10-13,24,27-28,37H,8-9,14-23,35-36H2,1H3,(H,38,44)(H,39,43)(H,40,42)(H,46,47)/t24-,27?,28?/m0/s1. The molecule has 9 N–H and O–H groups in total. The van der Waals surface area contributed by atoms with Crippen LogP contribution in [0.2, 0.25) is 0 Å². The van der Waals surface area contributed by atoms with E-state index in [1.807, 2.05) is 60.7 Å². The maximum atomic E-state index is 13.3. The van der Waals surface area contributed by atoms with Crippen molar-refractivity contribution in [1.82, 2.24) is 26.2 Å². The van der Waals surface area contributed by atoms with Crippen LogP contribution in [0, 0.1) is 0 Å². The van der Waals surface area contributed by atoms with Crippen LogP contribution in [0.3, 0.4) is 0 Å². The molecule has 3 atom stereocenters. The third-order valence-corrected chi connectivity index (χ3v) is 8.44. The zero-order valence-electron chi connectivity index (χ0n) is 27.1. The number of carbonyl (C=O) groups excluding carboxylic acids is 4. The number of carbonyl (C=O) groups is 5. The summed E-state index contributed by atoms with van der Waals surface area (Å²) in [5, 5.41) is 20.7. The minimum Gasteiger partial charge on any atom is -0.480 e. The largest absolute Gasteiger partial charge is 0.480 e. The molecule has 0 saturated carbocycles. The predicted octanol–water partition coefficient (Wildman–Crippen LogP) is 0.242. The molecule has 1 saturated heterocycles. The molecule has 1 aliphatic rings. The monoisotopic (exact) mass is 651 g/mol. The lowest BCUT2D eigenvalue weighted by molar-refractivity contribution is -0.148. The Hall–Kier alpha value is -4.33. The van der Waals surface area contributed by atoms with Crippen LogP contribution in [0.4, 0.5) is 0 Å². The first-order valence-electron chi connectivity index (χ1n) is 16.2. The van der Waals surface area contributed by atoms with Crippen LogP contribution in [-0.2, 0) is 30.4 Å². The van der Waals surface area contributed by atoms with Gasteiger partial charge in [-0.1, -0.05) is 67.6 Å². The van der Waals surface area contributed by atoms with E-state index in [0.717, 1.165) is 11.1 Å². The van der Waals surface area contributed by atoms with Gasteiger partial charge in [0.05, 0.1) is 13.1 Å². The molecule has 256 valence electrons. The number of nitrogens with zero attached hydrogens (tertiary/aromatic N) is 1. The SMILES string of the molecule is C[C@@H](CNCC(=O)NC(Cc1ccccc1)C(=O)NCC(=O)NC(CCCCN)C(=O)N1CCC(N)(C(=O)O)CC1)c1ccccc1. The van der Waals surface area contributed by atoms with Crippen molar-refractivity contribution in [3.05, 3.63) is 71.8 Å². The van der Waals surface area contributed by atoms with Crippen molar-refractivity contribution in [2.75, 3.05) is 39.3 Å². The van der Waals surface area contributed by atoms with E-state index in [1.54, 1.807) is 0 Å². The highest BCUT2D eigenvalue weighted by Crippen LogP contribution is 2.21. The Morgan fingerprint density at radius 2 is 1.47 bits per heavy atom. The molecular weight excluding hydrogens is 602 g/mol. The molecule has 2 aromatic carbocycles. The predicted molar refractivity (Wildman–Crippen MR) is 178 cm³/mol. The fraction of sp³-hybridized carbons (Fsp3) is 0.500. The van der Waals surface area contributed by atoms with Crippen LogP contribution in [0.25, 0.3) is 0 Å². The Bertz CT molecular complexity index is 1320. The van der Waals surface area contributed by atoms with E-state index in [4.69, 9.17) is 11.5 Å². The van der Waals surface area contributed by atoms with Crippen LogP contribution < -0.4 is 32.7 Å². The summed E-state index contributed by atoms with van der Waals surface area (Å²) in [7, 11) is 0. The molecule has 2 unspecified atom stereocenters. The van der Waals surface area contributed by atoms with E-state index >= 15 is 0 Å². The molecule has 1 fully saturated rings. The Morgan fingerprint density at radius 1 is 0.872 bits per heavy atom. The fourth-order valence-corrected chi connectivity index (χ4v) is 5.45. The van der Waals surface area contributed by atoms with Gasteiger partial charge in [0, 0.05) is 26.1 Å². The number of piperidine rings is 1. The number of carboxylic acids is 1. The van der Waals surface area contributed by atoms with Crippen LogP contribution in [0.5, 0.6) is 0 Å². The first-order valence-corrected chi connectivity index (χ1v) is 16.2. The number of benzene rings is 2. The molecule has 1 aliphatic heterocycles. The van der Waals surface area contributed by atoms with Crippen molar-refractivity contribution in [3.63, 3.8) is 0 Å². The normalized spacial score (nSPS) is 15.9. The van der Waals surface area contributed by atoms with Gasteiger partial charge in [0.1, 0.15) is 17.6 Å².